The van der Waals surface area contributed by atoms with Gasteiger partial charge in [-0.05, 0) is 40.7 Å². The number of halogens is 2. The molecule has 0 aliphatic carbocycles. The summed E-state index contributed by atoms with van der Waals surface area (Å²) in [6.45, 7) is 0.446. The van der Waals surface area contributed by atoms with Crippen molar-refractivity contribution < 1.29 is 13.5 Å². The van der Waals surface area contributed by atoms with E-state index in [1.807, 2.05) is 26.0 Å². The summed E-state index contributed by atoms with van der Waals surface area (Å²) in [5.74, 6) is -0.827. The number of hydrogen-bond donors (Lipinski definition) is 1. The van der Waals surface area contributed by atoms with E-state index in [0.717, 1.165) is 27.0 Å². The molecule has 1 heterocycles. The molecule has 0 spiro atoms. The summed E-state index contributed by atoms with van der Waals surface area (Å²) in [5, 5.41) is 5.48. The minimum atomic E-state index is -0.825. The molecule has 2 aromatic carbocycles. The summed E-state index contributed by atoms with van der Waals surface area (Å²) >= 11 is 1.62. The number of nitrogens with one attached hydrogen (secondary N) is 1. The third-order valence-electron chi connectivity index (χ3n) is 3.58. The molecular weight excluding hydrogens is 303 g/mol. The molecule has 0 bridgehead atoms. The molecule has 0 saturated carbocycles. The van der Waals surface area contributed by atoms with Crippen LogP contribution in [0.4, 0.5) is 13.8 Å². The monoisotopic (exact) mass is 317 g/mol. The number of anilines is 1. The van der Waals surface area contributed by atoms with Crippen LogP contribution in [0.25, 0.3) is 10.1 Å². The highest BCUT2D eigenvalue weighted by Crippen LogP contribution is 2.30. The van der Waals surface area contributed by atoms with Gasteiger partial charge < -0.3 is 10.1 Å². The minimum absolute atomic E-state index is 0.446. The molecule has 3 rings (SSSR count). The lowest BCUT2D eigenvalue weighted by Crippen LogP contribution is -2.09. The SMILES string of the molecule is Bc1c(NCc2ccc(F)c(F)c2)sc2cc(OC)ccc12. The van der Waals surface area contributed by atoms with E-state index in [2.05, 4.69) is 5.32 Å². The Bertz CT molecular complexity index is 834. The Morgan fingerprint density at radius 3 is 2.68 bits per heavy atom. The lowest BCUT2D eigenvalue weighted by molar-refractivity contribution is 0.415. The van der Waals surface area contributed by atoms with E-state index in [1.165, 1.54) is 11.5 Å². The van der Waals surface area contributed by atoms with Gasteiger partial charge in [0.05, 0.1) is 12.1 Å². The van der Waals surface area contributed by atoms with Gasteiger partial charge in [0.15, 0.2) is 11.6 Å². The van der Waals surface area contributed by atoms with Gasteiger partial charge in [-0.1, -0.05) is 12.1 Å². The second-order valence-electron chi connectivity index (χ2n) is 5.02. The summed E-state index contributed by atoms with van der Waals surface area (Å²) in [7, 11) is 3.68. The fourth-order valence-corrected chi connectivity index (χ4v) is 3.47. The Labute approximate surface area is 132 Å². The molecule has 0 saturated heterocycles. The van der Waals surface area contributed by atoms with E-state index in [0.29, 0.717) is 12.1 Å². The number of thiophene rings is 1. The lowest BCUT2D eigenvalue weighted by Gasteiger charge is -2.06. The van der Waals surface area contributed by atoms with Gasteiger partial charge in [-0.25, -0.2) is 8.78 Å². The van der Waals surface area contributed by atoms with Gasteiger partial charge in [-0.2, -0.15) is 0 Å². The third kappa shape index (κ3) is 2.79. The molecule has 112 valence electrons. The normalized spacial score (nSPS) is 10.9. The summed E-state index contributed by atoms with van der Waals surface area (Å²) in [6, 6.07) is 9.90. The third-order valence-corrected chi connectivity index (χ3v) is 4.79. The molecule has 0 amide bonds. The molecule has 0 fully saturated rings. The van der Waals surface area contributed by atoms with E-state index in [4.69, 9.17) is 4.74 Å². The van der Waals surface area contributed by atoms with Gasteiger partial charge in [0, 0.05) is 11.2 Å². The van der Waals surface area contributed by atoms with Crippen LogP contribution in [0.5, 0.6) is 5.75 Å². The fraction of sp³-hybridized carbons (Fsp3) is 0.125. The van der Waals surface area contributed by atoms with E-state index in [1.54, 1.807) is 24.5 Å². The average molecular weight is 317 g/mol. The quantitative estimate of drug-likeness (QED) is 0.747. The van der Waals surface area contributed by atoms with Crippen molar-refractivity contribution in [2.45, 2.75) is 6.54 Å². The topological polar surface area (TPSA) is 21.3 Å². The molecule has 0 radical (unpaired) electrons. The van der Waals surface area contributed by atoms with Gasteiger partial charge in [0.1, 0.15) is 13.6 Å². The Kier molecular flexibility index (Phi) is 4.03. The molecule has 22 heavy (non-hydrogen) atoms. The van der Waals surface area contributed by atoms with Crippen LogP contribution < -0.4 is 15.5 Å². The van der Waals surface area contributed by atoms with Gasteiger partial charge in [0.25, 0.3) is 0 Å². The van der Waals surface area contributed by atoms with Crippen molar-refractivity contribution in [1.82, 2.24) is 0 Å². The molecule has 2 nitrogen and oxygen atoms in total. The Hall–Kier alpha value is -2.08. The zero-order chi connectivity index (χ0) is 15.7. The summed E-state index contributed by atoms with van der Waals surface area (Å²) < 4.78 is 32.5. The summed E-state index contributed by atoms with van der Waals surface area (Å²) in [4.78, 5) is 0. The van der Waals surface area contributed by atoms with Crippen LogP contribution in [0, 0.1) is 11.6 Å². The van der Waals surface area contributed by atoms with Crippen LogP contribution in [0.15, 0.2) is 36.4 Å². The standard InChI is InChI=1S/C16H14BF2NOS/c1-21-10-3-4-11-14(7-10)22-16(15(11)17)20-8-9-2-5-12(18)13(19)6-9/h2-7,20H,8,17H2,1H3. The van der Waals surface area contributed by atoms with Crippen LogP contribution >= 0.6 is 11.3 Å². The van der Waals surface area contributed by atoms with Crippen LogP contribution in [0.1, 0.15) is 5.56 Å². The molecule has 1 N–H and O–H groups in total. The maximum atomic E-state index is 13.2. The van der Waals surface area contributed by atoms with Crippen LogP contribution in [0.2, 0.25) is 0 Å². The zero-order valence-electron chi connectivity index (χ0n) is 12.2. The first-order chi connectivity index (χ1) is 10.6. The first-order valence-electron chi connectivity index (χ1n) is 6.83. The van der Waals surface area contributed by atoms with Gasteiger partial charge in [0.2, 0.25) is 0 Å². The molecule has 0 aliphatic heterocycles. The summed E-state index contributed by atoms with van der Waals surface area (Å²) in [5.41, 5.74) is 1.85. The smallest absolute Gasteiger partial charge is 0.159 e. The highest BCUT2D eigenvalue weighted by Gasteiger charge is 2.09. The number of ether oxygens (including phenoxy) is 1. The maximum absolute atomic E-state index is 13.2. The van der Waals surface area contributed by atoms with Crippen LogP contribution in [0.3, 0.4) is 0 Å². The Balaban J connectivity index is 1.84. The number of hydrogen-bond acceptors (Lipinski definition) is 3. The van der Waals surface area contributed by atoms with Crippen molar-refractivity contribution in [3.05, 3.63) is 53.6 Å². The fourth-order valence-electron chi connectivity index (χ4n) is 2.33. The lowest BCUT2D eigenvalue weighted by atomic mass is 9.94. The Morgan fingerprint density at radius 1 is 1.14 bits per heavy atom. The molecule has 0 atom stereocenters. The Morgan fingerprint density at radius 2 is 1.95 bits per heavy atom. The largest absolute Gasteiger partial charge is 0.497 e. The molecular formula is C16H14BF2NOS. The van der Waals surface area contributed by atoms with E-state index in [-0.39, 0.29) is 0 Å². The molecule has 6 heteroatoms. The first-order valence-corrected chi connectivity index (χ1v) is 7.65. The van der Waals surface area contributed by atoms with E-state index in [9.17, 15) is 8.78 Å². The molecule has 0 aliphatic rings. The predicted octanol–water partition coefficient (Wildman–Crippen LogP) is 3.06. The number of fused-ring (bicyclic) bond motifs is 1. The van der Waals surface area contributed by atoms with Crippen molar-refractivity contribution in [3.8, 4) is 5.75 Å². The maximum Gasteiger partial charge on any atom is 0.159 e. The van der Waals surface area contributed by atoms with Gasteiger partial charge in [-0.15, -0.1) is 11.3 Å². The first kappa shape index (κ1) is 14.8. The zero-order valence-corrected chi connectivity index (χ0v) is 13.1. The number of methoxy groups -OCH3 is 1. The van der Waals surface area contributed by atoms with Crippen LogP contribution in [-0.4, -0.2) is 15.0 Å². The second kappa shape index (κ2) is 5.97. The number of rotatable bonds is 4. The molecule has 3 aromatic rings. The number of benzene rings is 2. The van der Waals surface area contributed by atoms with Gasteiger partial charge in [-0.3, -0.25) is 0 Å². The van der Waals surface area contributed by atoms with E-state index < -0.39 is 11.6 Å². The van der Waals surface area contributed by atoms with Crippen LogP contribution in [-0.2, 0) is 6.54 Å². The van der Waals surface area contributed by atoms with Crippen molar-refractivity contribution >= 4 is 39.7 Å². The highest BCUT2D eigenvalue weighted by atomic mass is 32.1. The minimum Gasteiger partial charge on any atom is -0.497 e. The predicted molar refractivity (Wildman–Crippen MR) is 90.2 cm³/mol. The van der Waals surface area contributed by atoms with Crippen molar-refractivity contribution in [2.75, 3.05) is 12.4 Å². The van der Waals surface area contributed by atoms with Crippen molar-refractivity contribution in [2.24, 2.45) is 0 Å². The average Bonchev–Trinajstić information content (AvgIpc) is 2.84. The van der Waals surface area contributed by atoms with Crippen molar-refractivity contribution in [3.63, 3.8) is 0 Å². The van der Waals surface area contributed by atoms with Crippen molar-refractivity contribution in [1.29, 1.82) is 0 Å². The van der Waals surface area contributed by atoms with Gasteiger partial charge >= 0.3 is 0 Å². The molecule has 1 aromatic heterocycles. The molecule has 0 unspecified atom stereocenters. The second-order valence-corrected chi connectivity index (χ2v) is 6.07. The highest BCUT2D eigenvalue weighted by molar-refractivity contribution is 7.24. The van der Waals surface area contributed by atoms with E-state index >= 15 is 0 Å². The summed E-state index contributed by atoms with van der Waals surface area (Å²) in [6.07, 6.45) is 0.